The molecule has 14 heavy (non-hydrogen) atoms. The number of aromatic amines is 1. The number of aromatic nitrogens is 2. The predicted octanol–water partition coefficient (Wildman–Crippen LogP) is 1.83. The highest BCUT2D eigenvalue weighted by atomic mass is 15.1. The molecule has 3 nitrogen and oxygen atoms in total. The normalized spacial score (nSPS) is 18.6. The Labute approximate surface area is 85.5 Å². The number of imidazole rings is 1. The van der Waals surface area contributed by atoms with Crippen LogP contribution in [0.25, 0.3) is 0 Å². The molecule has 1 fully saturated rings. The van der Waals surface area contributed by atoms with Crippen molar-refractivity contribution in [3.05, 3.63) is 18.2 Å². The van der Waals surface area contributed by atoms with Crippen molar-refractivity contribution in [2.75, 3.05) is 19.6 Å². The molecule has 1 aliphatic heterocycles. The van der Waals surface area contributed by atoms with Crippen molar-refractivity contribution in [3.8, 4) is 0 Å². The zero-order valence-corrected chi connectivity index (χ0v) is 8.71. The number of hydrogen-bond acceptors (Lipinski definition) is 2. The van der Waals surface area contributed by atoms with Crippen LogP contribution >= 0.6 is 0 Å². The minimum absolute atomic E-state index is 1.09. The lowest BCUT2D eigenvalue weighted by atomic mass is 10.1. The fraction of sp³-hybridized carbons (Fsp3) is 0.727. The van der Waals surface area contributed by atoms with Gasteiger partial charge in [0.1, 0.15) is 5.82 Å². The number of piperidine rings is 1. The molecule has 1 aromatic heterocycles. The van der Waals surface area contributed by atoms with E-state index in [0.29, 0.717) is 0 Å². The molecule has 0 radical (unpaired) electrons. The average Bonchev–Trinajstić information content (AvgIpc) is 2.72. The molecule has 78 valence electrons. The van der Waals surface area contributed by atoms with Crippen molar-refractivity contribution in [2.45, 2.75) is 32.1 Å². The second-order valence-corrected chi connectivity index (χ2v) is 4.04. The van der Waals surface area contributed by atoms with E-state index < -0.39 is 0 Å². The van der Waals surface area contributed by atoms with Gasteiger partial charge < -0.3 is 9.88 Å². The Bertz CT molecular complexity index is 237. The van der Waals surface area contributed by atoms with Crippen LogP contribution in [0.5, 0.6) is 0 Å². The van der Waals surface area contributed by atoms with Gasteiger partial charge in [0, 0.05) is 18.8 Å². The monoisotopic (exact) mass is 193 g/mol. The fourth-order valence-electron chi connectivity index (χ4n) is 2.09. The van der Waals surface area contributed by atoms with Gasteiger partial charge in [-0.15, -0.1) is 0 Å². The van der Waals surface area contributed by atoms with Crippen LogP contribution in [0.3, 0.4) is 0 Å². The Morgan fingerprint density at radius 2 is 2.14 bits per heavy atom. The molecule has 3 heteroatoms. The number of nitrogens with one attached hydrogen (secondary N) is 1. The number of aryl methyl sites for hydroxylation is 1. The molecule has 0 spiro atoms. The molecule has 1 aliphatic rings. The van der Waals surface area contributed by atoms with Crippen LogP contribution in [0.2, 0.25) is 0 Å². The van der Waals surface area contributed by atoms with E-state index in [-0.39, 0.29) is 0 Å². The summed E-state index contributed by atoms with van der Waals surface area (Å²) in [5.74, 6) is 1.13. The van der Waals surface area contributed by atoms with Crippen LogP contribution in [0.1, 0.15) is 31.5 Å². The van der Waals surface area contributed by atoms with Gasteiger partial charge in [-0.05, 0) is 38.9 Å². The van der Waals surface area contributed by atoms with Crippen molar-refractivity contribution in [3.63, 3.8) is 0 Å². The minimum atomic E-state index is 1.09. The molecule has 0 bridgehead atoms. The quantitative estimate of drug-likeness (QED) is 0.791. The van der Waals surface area contributed by atoms with E-state index in [0.717, 1.165) is 12.2 Å². The van der Waals surface area contributed by atoms with Crippen molar-refractivity contribution >= 4 is 0 Å². The average molecular weight is 193 g/mol. The van der Waals surface area contributed by atoms with Gasteiger partial charge in [0.2, 0.25) is 0 Å². The van der Waals surface area contributed by atoms with Crippen LogP contribution in [0, 0.1) is 0 Å². The Balaban J connectivity index is 1.62. The van der Waals surface area contributed by atoms with Crippen molar-refractivity contribution in [2.24, 2.45) is 0 Å². The van der Waals surface area contributed by atoms with Crippen LogP contribution in [-0.4, -0.2) is 34.5 Å². The molecule has 0 unspecified atom stereocenters. The van der Waals surface area contributed by atoms with Gasteiger partial charge in [0.15, 0.2) is 0 Å². The summed E-state index contributed by atoms with van der Waals surface area (Å²) >= 11 is 0. The van der Waals surface area contributed by atoms with E-state index in [2.05, 4.69) is 14.9 Å². The zero-order valence-electron chi connectivity index (χ0n) is 8.71. The number of hydrogen-bond donors (Lipinski definition) is 1. The molecular formula is C11H19N3. The standard InChI is InChI=1S/C11H19N3/c1-2-8-14(9-3-1)10-4-5-11-12-6-7-13-11/h6-7H,1-5,8-10H2,(H,12,13). The third-order valence-corrected chi connectivity index (χ3v) is 2.89. The van der Waals surface area contributed by atoms with E-state index in [4.69, 9.17) is 0 Å². The molecule has 1 aromatic rings. The Morgan fingerprint density at radius 1 is 1.29 bits per heavy atom. The molecule has 0 atom stereocenters. The van der Waals surface area contributed by atoms with Crippen molar-refractivity contribution in [1.82, 2.24) is 14.9 Å². The molecule has 0 aromatic carbocycles. The van der Waals surface area contributed by atoms with Crippen molar-refractivity contribution in [1.29, 1.82) is 0 Å². The van der Waals surface area contributed by atoms with Gasteiger partial charge in [-0.1, -0.05) is 6.42 Å². The second kappa shape index (κ2) is 5.15. The molecule has 2 rings (SSSR count). The molecule has 1 N–H and O–H groups in total. The first kappa shape index (κ1) is 9.71. The maximum absolute atomic E-state index is 4.22. The van der Waals surface area contributed by atoms with Gasteiger partial charge in [-0.3, -0.25) is 0 Å². The van der Waals surface area contributed by atoms with Gasteiger partial charge >= 0.3 is 0 Å². The molecule has 0 aliphatic carbocycles. The smallest absolute Gasteiger partial charge is 0.106 e. The van der Waals surface area contributed by atoms with E-state index in [1.54, 1.807) is 0 Å². The molecule has 0 saturated carbocycles. The van der Waals surface area contributed by atoms with Crippen LogP contribution < -0.4 is 0 Å². The van der Waals surface area contributed by atoms with Crippen LogP contribution in [0.4, 0.5) is 0 Å². The summed E-state index contributed by atoms with van der Waals surface area (Å²) < 4.78 is 0. The van der Waals surface area contributed by atoms with Crippen molar-refractivity contribution < 1.29 is 0 Å². The third kappa shape index (κ3) is 2.84. The lowest BCUT2D eigenvalue weighted by Crippen LogP contribution is -2.30. The van der Waals surface area contributed by atoms with Crippen LogP contribution in [0.15, 0.2) is 12.4 Å². The van der Waals surface area contributed by atoms with E-state index >= 15 is 0 Å². The van der Waals surface area contributed by atoms with E-state index in [9.17, 15) is 0 Å². The summed E-state index contributed by atoms with van der Waals surface area (Å²) in [6, 6.07) is 0. The summed E-state index contributed by atoms with van der Waals surface area (Å²) in [6.07, 6.45) is 10.2. The topological polar surface area (TPSA) is 31.9 Å². The first-order chi connectivity index (χ1) is 6.95. The summed E-state index contributed by atoms with van der Waals surface area (Å²) in [5.41, 5.74) is 0. The summed E-state index contributed by atoms with van der Waals surface area (Å²) in [7, 11) is 0. The number of nitrogens with zero attached hydrogens (tertiary/aromatic N) is 2. The Kier molecular flexibility index (Phi) is 3.57. The van der Waals surface area contributed by atoms with Gasteiger partial charge in [0.25, 0.3) is 0 Å². The molecular weight excluding hydrogens is 174 g/mol. The number of likely N-dealkylation sites (tertiary alicyclic amines) is 1. The fourth-order valence-corrected chi connectivity index (χ4v) is 2.09. The third-order valence-electron chi connectivity index (χ3n) is 2.89. The lowest BCUT2D eigenvalue weighted by Gasteiger charge is -2.26. The highest BCUT2D eigenvalue weighted by Crippen LogP contribution is 2.09. The van der Waals surface area contributed by atoms with Gasteiger partial charge in [0.05, 0.1) is 0 Å². The summed E-state index contributed by atoms with van der Waals surface area (Å²) in [5, 5.41) is 0. The number of H-pyrrole nitrogens is 1. The minimum Gasteiger partial charge on any atom is -0.349 e. The number of rotatable bonds is 4. The first-order valence-electron chi connectivity index (χ1n) is 5.66. The maximum atomic E-state index is 4.22. The second-order valence-electron chi connectivity index (χ2n) is 4.04. The SMILES string of the molecule is c1c[nH]c(CCCN2CCCCC2)n1. The van der Waals surface area contributed by atoms with Gasteiger partial charge in [-0.2, -0.15) is 0 Å². The predicted molar refractivity (Wildman–Crippen MR) is 57.2 cm³/mol. The summed E-state index contributed by atoms with van der Waals surface area (Å²) in [4.78, 5) is 9.95. The Hall–Kier alpha value is -0.830. The highest BCUT2D eigenvalue weighted by molar-refractivity contribution is 4.86. The largest absolute Gasteiger partial charge is 0.349 e. The first-order valence-corrected chi connectivity index (χ1v) is 5.66. The van der Waals surface area contributed by atoms with Crippen LogP contribution in [-0.2, 0) is 6.42 Å². The van der Waals surface area contributed by atoms with E-state index in [1.165, 1.54) is 45.3 Å². The molecule has 0 amide bonds. The maximum Gasteiger partial charge on any atom is 0.106 e. The zero-order chi connectivity index (χ0) is 9.64. The van der Waals surface area contributed by atoms with E-state index in [1.807, 2.05) is 12.4 Å². The molecule has 2 heterocycles. The summed E-state index contributed by atoms with van der Waals surface area (Å²) in [6.45, 7) is 3.84. The molecule has 1 saturated heterocycles. The Morgan fingerprint density at radius 3 is 2.86 bits per heavy atom. The van der Waals surface area contributed by atoms with Gasteiger partial charge in [-0.25, -0.2) is 4.98 Å². The lowest BCUT2D eigenvalue weighted by molar-refractivity contribution is 0.226. The highest BCUT2D eigenvalue weighted by Gasteiger charge is 2.09.